The molecule has 5 atom stereocenters. The molecule has 2 fully saturated rings. The van der Waals surface area contributed by atoms with Gasteiger partial charge in [-0.15, -0.1) is 9.32 Å². The molecule has 24 heavy (non-hydrogen) atoms. The average Bonchev–Trinajstić information content (AvgIpc) is 2.90. The van der Waals surface area contributed by atoms with Crippen molar-refractivity contribution in [3.63, 3.8) is 0 Å². The first-order valence-corrected chi connectivity index (χ1v) is 9.79. The van der Waals surface area contributed by atoms with Crippen molar-refractivity contribution in [2.45, 2.75) is 58.3 Å². The average molecular weight is 349 g/mol. The highest BCUT2D eigenvalue weighted by atomic mass is 32.2. The van der Waals surface area contributed by atoms with Crippen LogP contribution in [-0.4, -0.2) is 0 Å². The SMILES string of the molecule is CC1CCC2C3CCc4cc(OSOON)ccc4C3CCC12C. The van der Waals surface area contributed by atoms with Gasteiger partial charge in [0.1, 0.15) is 5.75 Å². The van der Waals surface area contributed by atoms with Gasteiger partial charge < -0.3 is 4.18 Å². The summed E-state index contributed by atoms with van der Waals surface area (Å²) in [5, 5.41) is 0. The van der Waals surface area contributed by atoms with Crippen molar-refractivity contribution >= 4 is 12.3 Å². The van der Waals surface area contributed by atoms with Gasteiger partial charge in [0.25, 0.3) is 12.3 Å². The minimum Gasteiger partial charge on any atom is -0.399 e. The lowest BCUT2D eigenvalue weighted by Crippen LogP contribution is -2.41. The van der Waals surface area contributed by atoms with E-state index in [1.54, 1.807) is 5.56 Å². The van der Waals surface area contributed by atoms with Crippen LogP contribution in [0.5, 0.6) is 5.75 Å². The molecule has 5 unspecified atom stereocenters. The largest absolute Gasteiger partial charge is 0.399 e. The van der Waals surface area contributed by atoms with Crippen LogP contribution in [-0.2, 0) is 15.7 Å². The van der Waals surface area contributed by atoms with Crippen molar-refractivity contribution in [1.29, 1.82) is 0 Å². The molecule has 5 heteroatoms. The lowest BCUT2D eigenvalue weighted by Gasteiger charge is -2.50. The fourth-order valence-corrected chi connectivity index (χ4v) is 6.18. The van der Waals surface area contributed by atoms with Crippen molar-refractivity contribution in [2.75, 3.05) is 0 Å². The summed E-state index contributed by atoms with van der Waals surface area (Å²) in [7, 11) is 0. The fraction of sp³-hybridized carbons (Fsp3) is 0.684. The molecule has 0 heterocycles. The highest BCUT2D eigenvalue weighted by molar-refractivity contribution is 7.90. The molecular formula is C19H27NO3S. The predicted molar refractivity (Wildman–Crippen MR) is 94.8 cm³/mol. The zero-order valence-corrected chi connectivity index (χ0v) is 15.3. The van der Waals surface area contributed by atoms with Crippen molar-refractivity contribution < 1.29 is 13.5 Å². The van der Waals surface area contributed by atoms with E-state index in [0.717, 1.165) is 48.2 Å². The Hall–Kier alpha value is -0.750. The van der Waals surface area contributed by atoms with Crippen LogP contribution in [0.2, 0.25) is 0 Å². The summed E-state index contributed by atoms with van der Waals surface area (Å²) in [5.74, 6) is 9.03. The number of fused-ring (bicyclic) bond motifs is 5. The lowest BCUT2D eigenvalue weighted by atomic mass is 9.54. The van der Waals surface area contributed by atoms with E-state index >= 15 is 0 Å². The number of nitrogens with two attached hydrogens (primary N) is 1. The van der Waals surface area contributed by atoms with Gasteiger partial charge >= 0.3 is 0 Å². The maximum atomic E-state index is 5.44. The quantitative estimate of drug-likeness (QED) is 0.361. The number of hydrogen-bond donors (Lipinski definition) is 1. The number of aryl methyl sites for hydroxylation is 1. The van der Waals surface area contributed by atoms with E-state index in [1.807, 2.05) is 6.07 Å². The van der Waals surface area contributed by atoms with Crippen LogP contribution in [0.3, 0.4) is 0 Å². The molecule has 0 aromatic heterocycles. The van der Waals surface area contributed by atoms with Gasteiger partial charge in [0.15, 0.2) is 0 Å². The lowest BCUT2D eigenvalue weighted by molar-refractivity contribution is -0.199. The Labute approximate surface area is 148 Å². The maximum absolute atomic E-state index is 5.44. The molecule has 4 rings (SSSR count). The second-order valence-corrected chi connectivity index (χ2v) is 8.55. The van der Waals surface area contributed by atoms with Gasteiger partial charge in [-0.1, -0.05) is 19.9 Å². The highest BCUT2D eigenvalue weighted by Crippen LogP contribution is 2.62. The molecule has 0 amide bonds. The van der Waals surface area contributed by atoms with Crippen LogP contribution >= 0.6 is 12.3 Å². The van der Waals surface area contributed by atoms with Crippen LogP contribution in [0.25, 0.3) is 0 Å². The van der Waals surface area contributed by atoms with E-state index < -0.39 is 0 Å². The summed E-state index contributed by atoms with van der Waals surface area (Å²) < 4.78 is 9.95. The summed E-state index contributed by atoms with van der Waals surface area (Å²) >= 11 is 0.745. The second-order valence-electron chi connectivity index (χ2n) is 8.11. The van der Waals surface area contributed by atoms with Gasteiger partial charge in [0, 0.05) is 0 Å². The van der Waals surface area contributed by atoms with E-state index in [0.29, 0.717) is 5.41 Å². The molecule has 0 aliphatic heterocycles. The Morgan fingerprint density at radius 3 is 2.92 bits per heavy atom. The monoisotopic (exact) mass is 349 g/mol. The number of benzene rings is 1. The third-order valence-electron chi connectivity index (χ3n) is 7.37. The molecule has 1 aromatic carbocycles. The van der Waals surface area contributed by atoms with Gasteiger partial charge in [-0.05, 0) is 90.9 Å². The molecular weight excluding hydrogens is 322 g/mol. The predicted octanol–water partition coefficient (Wildman–Crippen LogP) is 4.94. The van der Waals surface area contributed by atoms with Crippen LogP contribution < -0.4 is 10.1 Å². The van der Waals surface area contributed by atoms with E-state index in [9.17, 15) is 0 Å². The molecule has 0 radical (unpaired) electrons. The zero-order chi connectivity index (χ0) is 16.7. The fourth-order valence-electron chi connectivity index (χ4n) is 5.94. The first kappa shape index (κ1) is 16.7. The van der Waals surface area contributed by atoms with Crippen molar-refractivity contribution in [3.05, 3.63) is 29.3 Å². The molecule has 3 aliphatic rings. The van der Waals surface area contributed by atoms with E-state index in [4.69, 9.17) is 10.1 Å². The maximum Gasteiger partial charge on any atom is 0.260 e. The molecule has 0 bridgehead atoms. The smallest absolute Gasteiger partial charge is 0.260 e. The standard InChI is InChI=1S/C19H27NO3S/c1-12-3-8-18-17-6-4-13-11-14(21-24-23-22-20)5-7-15(13)16(17)9-10-19(12,18)2/h5,7,11-12,16-18H,3-4,6,8-10,20H2,1-2H3. The number of hydrogen-bond acceptors (Lipinski definition) is 5. The molecule has 0 saturated heterocycles. The molecule has 132 valence electrons. The summed E-state index contributed by atoms with van der Waals surface area (Å²) in [6.45, 7) is 5.04. The minimum atomic E-state index is 0.581. The summed E-state index contributed by atoms with van der Waals surface area (Å²) in [5.41, 5.74) is 3.58. The van der Waals surface area contributed by atoms with Crippen molar-refractivity contribution in [3.8, 4) is 5.75 Å². The Balaban J connectivity index is 1.55. The van der Waals surface area contributed by atoms with Gasteiger partial charge in [-0.3, -0.25) is 0 Å². The van der Waals surface area contributed by atoms with Crippen LogP contribution in [0.15, 0.2) is 18.2 Å². The summed E-state index contributed by atoms with van der Waals surface area (Å²) in [6, 6.07) is 6.47. The highest BCUT2D eigenvalue weighted by Gasteiger charge is 2.53. The summed E-state index contributed by atoms with van der Waals surface area (Å²) in [4.78, 5) is 4.04. The van der Waals surface area contributed by atoms with Gasteiger partial charge in [-0.2, -0.15) is 5.90 Å². The molecule has 4 nitrogen and oxygen atoms in total. The van der Waals surface area contributed by atoms with Crippen molar-refractivity contribution in [2.24, 2.45) is 29.1 Å². The molecule has 0 spiro atoms. The Morgan fingerprint density at radius 1 is 1.21 bits per heavy atom. The molecule has 3 aliphatic carbocycles. The van der Waals surface area contributed by atoms with Crippen LogP contribution in [0, 0.1) is 23.2 Å². The summed E-state index contributed by atoms with van der Waals surface area (Å²) in [6.07, 6.45) is 8.06. The first-order valence-electron chi connectivity index (χ1n) is 9.13. The Kier molecular flexibility index (Phi) is 4.54. The molecule has 2 saturated carbocycles. The Morgan fingerprint density at radius 2 is 2.08 bits per heavy atom. The third-order valence-corrected chi connectivity index (χ3v) is 7.76. The van der Waals surface area contributed by atoms with Gasteiger partial charge in [0.05, 0.1) is 0 Å². The van der Waals surface area contributed by atoms with Crippen molar-refractivity contribution in [1.82, 2.24) is 0 Å². The normalized spacial score (nSPS) is 37.5. The zero-order valence-electron chi connectivity index (χ0n) is 14.5. The molecule has 1 aromatic rings. The van der Waals surface area contributed by atoms with Crippen LogP contribution in [0.4, 0.5) is 0 Å². The minimum absolute atomic E-state index is 0.581. The van der Waals surface area contributed by atoms with Gasteiger partial charge in [-0.25, -0.2) is 0 Å². The first-order chi connectivity index (χ1) is 11.6. The topological polar surface area (TPSA) is 53.7 Å². The second kappa shape index (κ2) is 6.52. The van der Waals surface area contributed by atoms with E-state index in [-0.39, 0.29) is 0 Å². The third kappa shape index (κ3) is 2.66. The molecule has 2 N–H and O–H groups in total. The van der Waals surface area contributed by atoms with Crippen LogP contribution in [0.1, 0.15) is 63.0 Å². The van der Waals surface area contributed by atoms with E-state index in [1.165, 1.54) is 37.7 Å². The Bertz CT molecular complexity index is 610. The van der Waals surface area contributed by atoms with E-state index in [2.05, 4.69) is 35.3 Å². The number of rotatable bonds is 4. The van der Waals surface area contributed by atoms with Gasteiger partial charge in [0.2, 0.25) is 0 Å².